The Bertz CT molecular complexity index is 444. The van der Waals surface area contributed by atoms with E-state index >= 15 is 0 Å². The van der Waals surface area contributed by atoms with Crippen LogP contribution in [-0.4, -0.2) is 11.0 Å². The molecular formula is C18H28N2. The van der Waals surface area contributed by atoms with Crippen molar-refractivity contribution in [3.63, 3.8) is 0 Å². The minimum absolute atomic E-state index is 0.290. The van der Waals surface area contributed by atoms with Gasteiger partial charge >= 0.3 is 0 Å². The minimum Gasteiger partial charge on any atom is -0.385 e. The number of allylic oxidation sites excluding steroid dienone is 1. The highest BCUT2D eigenvalue weighted by Crippen LogP contribution is 2.40. The van der Waals surface area contributed by atoms with E-state index in [1.54, 1.807) is 0 Å². The molecule has 0 aliphatic heterocycles. The second-order valence-corrected chi connectivity index (χ2v) is 7.46. The van der Waals surface area contributed by atoms with Gasteiger partial charge in [0, 0.05) is 30.1 Å². The fourth-order valence-electron chi connectivity index (χ4n) is 3.45. The van der Waals surface area contributed by atoms with Crippen LogP contribution < -0.4 is 5.32 Å². The SMILES string of the molecule is C=C(CC(C)(C)C)NC1CCC(C)C1c1cccnc1. The van der Waals surface area contributed by atoms with Crippen LogP contribution >= 0.6 is 0 Å². The van der Waals surface area contributed by atoms with E-state index in [2.05, 4.69) is 50.6 Å². The third kappa shape index (κ3) is 3.84. The van der Waals surface area contributed by atoms with Crippen LogP contribution in [0.2, 0.25) is 0 Å². The molecule has 1 aliphatic rings. The number of nitrogens with zero attached hydrogens (tertiary/aromatic N) is 1. The summed E-state index contributed by atoms with van der Waals surface area (Å²) in [6, 6.07) is 4.76. The van der Waals surface area contributed by atoms with Gasteiger partial charge in [-0.05, 0) is 42.2 Å². The average molecular weight is 272 g/mol. The van der Waals surface area contributed by atoms with Gasteiger partial charge in [-0.1, -0.05) is 40.3 Å². The van der Waals surface area contributed by atoms with Crippen molar-refractivity contribution in [2.75, 3.05) is 0 Å². The molecule has 2 heteroatoms. The van der Waals surface area contributed by atoms with Gasteiger partial charge in [-0.2, -0.15) is 0 Å². The Hall–Kier alpha value is -1.31. The molecule has 20 heavy (non-hydrogen) atoms. The lowest BCUT2D eigenvalue weighted by atomic mass is 9.87. The first kappa shape index (κ1) is 15.1. The lowest BCUT2D eigenvalue weighted by molar-refractivity contribution is 0.381. The number of hydrogen-bond acceptors (Lipinski definition) is 2. The molecule has 2 rings (SSSR count). The molecule has 0 radical (unpaired) electrons. The van der Waals surface area contributed by atoms with E-state index in [4.69, 9.17) is 0 Å². The number of aromatic nitrogens is 1. The molecule has 0 aromatic carbocycles. The first-order valence-corrected chi connectivity index (χ1v) is 7.71. The summed E-state index contributed by atoms with van der Waals surface area (Å²) in [4.78, 5) is 4.29. The number of nitrogens with one attached hydrogen (secondary N) is 1. The van der Waals surface area contributed by atoms with Crippen LogP contribution in [0.1, 0.15) is 58.4 Å². The fraction of sp³-hybridized carbons (Fsp3) is 0.611. The van der Waals surface area contributed by atoms with E-state index in [-0.39, 0.29) is 5.41 Å². The zero-order chi connectivity index (χ0) is 14.8. The van der Waals surface area contributed by atoms with Gasteiger partial charge in [0.2, 0.25) is 0 Å². The molecular weight excluding hydrogens is 244 g/mol. The van der Waals surface area contributed by atoms with Crippen molar-refractivity contribution in [3.05, 3.63) is 42.4 Å². The zero-order valence-electron chi connectivity index (χ0n) is 13.3. The van der Waals surface area contributed by atoms with Crippen molar-refractivity contribution in [2.45, 2.75) is 58.9 Å². The van der Waals surface area contributed by atoms with Crippen LogP contribution in [0, 0.1) is 11.3 Å². The van der Waals surface area contributed by atoms with Crippen LogP contribution in [0.5, 0.6) is 0 Å². The second kappa shape index (κ2) is 5.99. The molecule has 1 aromatic rings. The first-order chi connectivity index (χ1) is 9.37. The Labute approximate surface area is 123 Å². The first-order valence-electron chi connectivity index (χ1n) is 7.71. The quantitative estimate of drug-likeness (QED) is 0.872. The summed E-state index contributed by atoms with van der Waals surface area (Å²) in [5.41, 5.74) is 2.82. The molecule has 3 atom stereocenters. The average Bonchev–Trinajstić information content (AvgIpc) is 2.69. The van der Waals surface area contributed by atoms with Gasteiger partial charge in [0.15, 0.2) is 0 Å². The molecule has 1 aromatic heterocycles. The largest absolute Gasteiger partial charge is 0.385 e. The summed E-state index contributed by atoms with van der Waals surface area (Å²) in [5, 5.41) is 3.69. The van der Waals surface area contributed by atoms with E-state index < -0.39 is 0 Å². The highest BCUT2D eigenvalue weighted by Gasteiger charge is 2.34. The maximum Gasteiger partial charge on any atom is 0.0329 e. The lowest BCUT2D eigenvalue weighted by Crippen LogP contribution is -2.33. The Kier molecular flexibility index (Phi) is 4.52. The van der Waals surface area contributed by atoms with Gasteiger partial charge in [0.25, 0.3) is 0 Å². The van der Waals surface area contributed by atoms with E-state index in [1.807, 2.05) is 18.5 Å². The van der Waals surface area contributed by atoms with Gasteiger partial charge in [0.05, 0.1) is 0 Å². The standard InChI is InChI=1S/C18H28N2/c1-13-8-9-16(20-14(2)11-18(3,4)5)17(13)15-7-6-10-19-12-15/h6-7,10,12-13,16-17,20H,2,8-9,11H2,1,3-5H3. The van der Waals surface area contributed by atoms with E-state index in [1.165, 1.54) is 24.1 Å². The Balaban J connectivity index is 2.06. The predicted octanol–water partition coefficient (Wildman–Crippen LogP) is 4.50. The van der Waals surface area contributed by atoms with Gasteiger partial charge < -0.3 is 5.32 Å². The van der Waals surface area contributed by atoms with Crippen molar-refractivity contribution >= 4 is 0 Å². The maximum absolute atomic E-state index is 4.29. The smallest absolute Gasteiger partial charge is 0.0329 e. The summed E-state index contributed by atoms with van der Waals surface area (Å²) < 4.78 is 0. The molecule has 1 saturated carbocycles. The third-order valence-corrected chi connectivity index (χ3v) is 4.18. The van der Waals surface area contributed by atoms with Crippen molar-refractivity contribution in [3.8, 4) is 0 Å². The van der Waals surface area contributed by atoms with Crippen LogP contribution in [0.25, 0.3) is 0 Å². The summed E-state index contributed by atoms with van der Waals surface area (Å²) in [6.07, 6.45) is 7.40. The zero-order valence-corrected chi connectivity index (χ0v) is 13.3. The van der Waals surface area contributed by atoms with Crippen molar-refractivity contribution in [1.82, 2.24) is 10.3 Å². The fourth-order valence-corrected chi connectivity index (χ4v) is 3.45. The Morgan fingerprint density at radius 1 is 1.40 bits per heavy atom. The number of hydrogen-bond donors (Lipinski definition) is 1. The van der Waals surface area contributed by atoms with Crippen LogP contribution in [0.3, 0.4) is 0 Å². The highest BCUT2D eigenvalue weighted by molar-refractivity contribution is 5.21. The summed E-state index contributed by atoms with van der Waals surface area (Å²) in [7, 11) is 0. The van der Waals surface area contributed by atoms with Crippen LogP contribution in [0.15, 0.2) is 36.8 Å². The molecule has 1 heterocycles. The summed E-state index contributed by atoms with van der Waals surface area (Å²) in [5.74, 6) is 1.26. The Morgan fingerprint density at radius 2 is 2.15 bits per heavy atom. The van der Waals surface area contributed by atoms with Gasteiger partial charge in [0.1, 0.15) is 0 Å². The Morgan fingerprint density at radius 3 is 2.75 bits per heavy atom. The van der Waals surface area contributed by atoms with Gasteiger partial charge in [-0.15, -0.1) is 0 Å². The molecule has 0 amide bonds. The minimum atomic E-state index is 0.290. The van der Waals surface area contributed by atoms with Gasteiger partial charge in [-0.25, -0.2) is 0 Å². The predicted molar refractivity (Wildman–Crippen MR) is 85.5 cm³/mol. The molecule has 0 bridgehead atoms. The van der Waals surface area contributed by atoms with E-state index in [9.17, 15) is 0 Å². The molecule has 1 aliphatic carbocycles. The third-order valence-electron chi connectivity index (χ3n) is 4.18. The van der Waals surface area contributed by atoms with E-state index in [0.717, 1.165) is 6.42 Å². The normalized spacial score (nSPS) is 26.5. The van der Waals surface area contributed by atoms with Crippen molar-refractivity contribution in [1.29, 1.82) is 0 Å². The molecule has 0 spiro atoms. The van der Waals surface area contributed by atoms with Crippen LogP contribution in [-0.2, 0) is 0 Å². The number of pyridine rings is 1. The molecule has 3 unspecified atom stereocenters. The molecule has 2 nitrogen and oxygen atoms in total. The molecule has 110 valence electrons. The molecule has 0 saturated heterocycles. The van der Waals surface area contributed by atoms with Crippen LogP contribution in [0.4, 0.5) is 0 Å². The lowest BCUT2D eigenvalue weighted by Gasteiger charge is -2.28. The topological polar surface area (TPSA) is 24.9 Å². The summed E-state index contributed by atoms with van der Waals surface area (Å²) in [6.45, 7) is 13.4. The second-order valence-electron chi connectivity index (χ2n) is 7.46. The maximum atomic E-state index is 4.29. The molecule has 1 N–H and O–H groups in total. The monoisotopic (exact) mass is 272 g/mol. The van der Waals surface area contributed by atoms with Gasteiger partial charge in [-0.3, -0.25) is 4.98 Å². The van der Waals surface area contributed by atoms with Crippen molar-refractivity contribution < 1.29 is 0 Å². The van der Waals surface area contributed by atoms with E-state index in [0.29, 0.717) is 17.9 Å². The molecule has 1 fully saturated rings. The summed E-state index contributed by atoms with van der Waals surface area (Å²) >= 11 is 0. The number of rotatable bonds is 4. The highest BCUT2D eigenvalue weighted by atomic mass is 14.9. The van der Waals surface area contributed by atoms with Crippen molar-refractivity contribution in [2.24, 2.45) is 11.3 Å².